The van der Waals surface area contributed by atoms with Crippen molar-refractivity contribution in [3.05, 3.63) is 40.5 Å². The molecule has 4 heteroatoms. The fraction of sp³-hybridized carbons (Fsp3) is 0.182. The quantitative estimate of drug-likeness (QED) is 0.848. The van der Waals surface area contributed by atoms with Gasteiger partial charge < -0.3 is 10.6 Å². The zero-order valence-corrected chi connectivity index (χ0v) is 10.3. The Balaban J connectivity index is 2.65. The third-order valence-electron chi connectivity index (χ3n) is 1.80. The summed E-state index contributed by atoms with van der Waals surface area (Å²) in [5.41, 5.74) is 1.86. The number of allylic oxidation sites excluding steroid dienone is 1. The molecule has 0 saturated carbocycles. The fourth-order valence-electron chi connectivity index (χ4n) is 1.05. The van der Waals surface area contributed by atoms with Crippen molar-refractivity contribution in [1.29, 1.82) is 0 Å². The number of carbonyl (C=O) groups is 1. The second-order valence-electron chi connectivity index (χ2n) is 3.06. The monoisotopic (exact) mass is 268 g/mol. The Bertz CT molecular complexity index is 388. The average molecular weight is 269 g/mol. The molecule has 15 heavy (non-hydrogen) atoms. The minimum atomic E-state index is -0.241. The van der Waals surface area contributed by atoms with Crippen LogP contribution < -0.4 is 10.6 Å². The molecule has 2 N–H and O–H groups in total. The Hall–Kier alpha value is -1.29. The summed E-state index contributed by atoms with van der Waals surface area (Å²) in [6.07, 6.45) is 3.34. The topological polar surface area (TPSA) is 41.1 Å². The fourth-order valence-corrected chi connectivity index (χ4v) is 1.30. The highest BCUT2D eigenvalue weighted by Crippen LogP contribution is 2.19. The van der Waals surface area contributed by atoms with Gasteiger partial charge in [0.1, 0.15) is 0 Å². The summed E-state index contributed by atoms with van der Waals surface area (Å²) in [7, 11) is 0. The number of anilines is 1. The van der Waals surface area contributed by atoms with Gasteiger partial charge in [-0.25, -0.2) is 4.79 Å². The molecule has 3 nitrogen and oxygen atoms in total. The molecule has 0 heterocycles. The molecule has 0 aromatic heterocycles. The van der Waals surface area contributed by atoms with Gasteiger partial charge in [0.2, 0.25) is 0 Å². The molecular weight excluding hydrogens is 256 g/mol. The number of urea groups is 1. The number of hydrogen-bond acceptors (Lipinski definition) is 1. The molecule has 0 spiro atoms. The van der Waals surface area contributed by atoms with Crippen molar-refractivity contribution in [2.75, 3.05) is 5.32 Å². The van der Waals surface area contributed by atoms with Crippen LogP contribution in [-0.4, -0.2) is 6.03 Å². The van der Waals surface area contributed by atoms with E-state index in [0.717, 1.165) is 15.7 Å². The van der Waals surface area contributed by atoms with E-state index in [1.807, 2.05) is 32.0 Å². The van der Waals surface area contributed by atoms with Gasteiger partial charge in [-0.3, -0.25) is 0 Å². The van der Waals surface area contributed by atoms with Crippen LogP contribution in [0, 0.1) is 6.92 Å². The first-order chi connectivity index (χ1) is 7.13. The SMILES string of the molecule is C/C=C/NC(=O)Nc1ccc(Br)c(C)c1. The molecule has 0 unspecified atom stereocenters. The van der Waals surface area contributed by atoms with Crippen molar-refractivity contribution >= 4 is 27.6 Å². The number of hydrogen-bond donors (Lipinski definition) is 2. The van der Waals surface area contributed by atoms with Gasteiger partial charge in [0.05, 0.1) is 0 Å². The van der Waals surface area contributed by atoms with Crippen molar-refractivity contribution in [3.8, 4) is 0 Å². The van der Waals surface area contributed by atoms with Crippen molar-refractivity contribution in [1.82, 2.24) is 5.32 Å². The Labute approximate surface area is 97.7 Å². The lowest BCUT2D eigenvalue weighted by Crippen LogP contribution is -2.23. The molecule has 0 aliphatic carbocycles. The van der Waals surface area contributed by atoms with Crippen LogP contribution in [0.25, 0.3) is 0 Å². The molecule has 2 amide bonds. The maximum Gasteiger partial charge on any atom is 0.323 e. The second kappa shape index (κ2) is 5.56. The third-order valence-corrected chi connectivity index (χ3v) is 2.69. The molecule has 1 aromatic carbocycles. The summed E-state index contributed by atoms with van der Waals surface area (Å²) in [5.74, 6) is 0. The lowest BCUT2D eigenvalue weighted by Gasteiger charge is -2.06. The highest BCUT2D eigenvalue weighted by molar-refractivity contribution is 9.10. The number of amides is 2. The molecule has 1 rings (SSSR count). The molecule has 0 aliphatic heterocycles. The van der Waals surface area contributed by atoms with Crippen LogP contribution in [0.1, 0.15) is 12.5 Å². The number of nitrogens with one attached hydrogen (secondary N) is 2. The highest BCUT2D eigenvalue weighted by atomic mass is 79.9. The Morgan fingerprint density at radius 3 is 2.80 bits per heavy atom. The molecule has 0 fully saturated rings. The molecule has 80 valence electrons. The van der Waals surface area contributed by atoms with Gasteiger partial charge in [-0.05, 0) is 37.6 Å². The molecular formula is C11H13BrN2O. The third kappa shape index (κ3) is 3.75. The van der Waals surface area contributed by atoms with E-state index in [1.165, 1.54) is 0 Å². The van der Waals surface area contributed by atoms with Gasteiger partial charge in [-0.1, -0.05) is 22.0 Å². The van der Waals surface area contributed by atoms with Crippen LogP contribution in [0.5, 0.6) is 0 Å². The van der Waals surface area contributed by atoms with E-state index in [1.54, 1.807) is 12.3 Å². The summed E-state index contributed by atoms with van der Waals surface area (Å²) in [6.45, 7) is 3.81. The zero-order chi connectivity index (χ0) is 11.3. The highest BCUT2D eigenvalue weighted by Gasteiger charge is 2.00. The van der Waals surface area contributed by atoms with Crippen molar-refractivity contribution < 1.29 is 4.79 Å². The Morgan fingerprint density at radius 2 is 2.20 bits per heavy atom. The van der Waals surface area contributed by atoms with Crippen LogP contribution >= 0.6 is 15.9 Å². The van der Waals surface area contributed by atoms with Gasteiger partial charge in [0.25, 0.3) is 0 Å². The summed E-state index contributed by atoms with van der Waals surface area (Å²) >= 11 is 3.40. The minimum Gasteiger partial charge on any atom is -0.315 e. The molecule has 0 atom stereocenters. The van der Waals surface area contributed by atoms with E-state index < -0.39 is 0 Å². The lowest BCUT2D eigenvalue weighted by atomic mass is 10.2. The second-order valence-corrected chi connectivity index (χ2v) is 3.92. The van der Waals surface area contributed by atoms with Gasteiger partial charge in [0.15, 0.2) is 0 Å². The predicted molar refractivity (Wildman–Crippen MR) is 65.8 cm³/mol. The van der Waals surface area contributed by atoms with Crippen LogP contribution in [0.15, 0.2) is 34.9 Å². The van der Waals surface area contributed by atoms with Crippen LogP contribution in [-0.2, 0) is 0 Å². The Morgan fingerprint density at radius 1 is 1.47 bits per heavy atom. The normalized spacial score (nSPS) is 10.3. The molecule has 0 bridgehead atoms. The largest absolute Gasteiger partial charge is 0.323 e. The average Bonchev–Trinajstić information content (AvgIpc) is 2.20. The van der Waals surface area contributed by atoms with E-state index in [-0.39, 0.29) is 6.03 Å². The predicted octanol–water partition coefficient (Wildman–Crippen LogP) is 3.41. The van der Waals surface area contributed by atoms with Gasteiger partial charge >= 0.3 is 6.03 Å². The van der Waals surface area contributed by atoms with E-state index in [4.69, 9.17) is 0 Å². The van der Waals surface area contributed by atoms with E-state index in [9.17, 15) is 4.79 Å². The zero-order valence-electron chi connectivity index (χ0n) is 8.67. The molecule has 0 aliphatic rings. The van der Waals surface area contributed by atoms with Gasteiger partial charge in [0, 0.05) is 16.4 Å². The first-order valence-electron chi connectivity index (χ1n) is 4.58. The molecule has 0 saturated heterocycles. The summed E-state index contributed by atoms with van der Waals surface area (Å²) in [5, 5.41) is 5.30. The molecule has 1 aromatic rings. The first-order valence-corrected chi connectivity index (χ1v) is 5.37. The van der Waals surface area contributed by atoms with Crippen molar-refractivity contribution in [2.45, 2.75) is 13.8 Å². The van der Waals surface area contributed by atoms with E-state index >= 15 is 0 Å². The summed E-state index contributed by atoms with van der Waals surface area (Å²) in [4.78, 5) is 11.3. The summed E-state index contributed by atoms with van der Waals surface area (Å²) in [6, 6.07) is 5.40. The van der Waals surface area contributed by atoms with Crippen molar-refractivity contribution in [2.24, 2.45) is 0 Å². The van der Waals surface area contributed by atoms with Gasteiger partial charge in [-0.2, -0.15) is 0 Å². The standard InChI is InChI=1S/C11H13BrN2O/c1-3-6-13-11(15)14-9-4-5-10(12)8(2)7-9/h3-7H,1-2H3,(H2,13,14,15)/b6-3+. The maximum atomic E-state index is 11.3. The number of benzene rings is 1. The number of rotatable bonds is 2. The minimum absolute atomic E-state index is 0.241. The van der Waals surface area contributed by atoms with Crippen LogP contribution in [0.3, 0.4) is 0 Å². The maximum absolute atomic E-state index is 11.3. The van der Waals surface area contributed by atoms with Gasteiger partial charge in [-0.15, -0.1) is 0 Å². The van der Waals surface area contributed by atoms with Crippen LogP contribution in [0.2, 0.25) is 0 Å². The molecule has 0 radical (unpaired) electrons. The number of aryl methyl sites for hydroxylation is 1. The number of carbonyl (C=O) groups excluding carboxylic acids is 1. The number of halogens is 1. The Kier molecular flexibility index (Phi) is 4.37. The van der Waals surface area contributed by atoms with E-state index in [2.05, 4.69) is 26.6 Å². The lowest BCUT2D eigenvalue weighted by molar-refractivity contribution is 0.255. The van der Waals surface area contributed by atoms with Crippen molar-refractivity contribution in [3.63, 3.8) is 0 Å². The summed E-state index contributed by atoms with van der Waals surface area (Å²) < 4.78 is 1.03. The van der Waals surface area contributed by atoms with Crippen LogP contribution in [0.4, 0.5) is 10.5 Å². The first kappa shape index (κ1) is 11.8. The smallest absolute Gasteiger partial charge is 0.315 e. The van der Waals surface area contributed by atoms with E-state index in [0.29, 0.717) is 0 Å².